The molecule has 28 heavy (non-hydrogen) atoms. The quantitative estimate of drug-likeness (QED) is 0.714. The number of aliphatic hydroxyl groups is 1. The Morgan fingerprint density at radius 3 is 2.61 bits per heavy atom. The number of hydrogen-bond donors (Lipinski definition) is 1. The zero-order chi connectivity index (χ0) is 19.7. The summed E-state index contributed by atoms with van der Waals surface area (Å²) >= 11 is 6.26. The first kappa shape index (κ1) is 19.2. The molecule has 0 amide bonds. The number of aryl methyl sites for hydroxylation is 2. The zero-order valence-electron chi connectivity index (χ0n) is 16.3. The van der Waals surface area contributed by atoms with E-state index in [1.807, 2.05) is 12.4 Å². The van der Waals surface area contributed by atoms with Gasteiger partial charge in [-0.1, -0.05) is 11.6 Å². The Morgan fingerprint density at radius 1 is 1.11 bits per heavy atom. The Balaban J connectivity index is 1.35. The van der Waals surface area contributed by atoms with Gasteiger partial charge in [0.15, 0.2) is 0 Å². The van der Waals surface area contributed by atoms with Gasteiger partial charge in [0.2, 0.25) is 0 Å². The molecule has 1 atom stereocenters. The second kappa shape index (κ2) is 8.07. The predicted octanol–water partition coefficient (Wildman–Crippen LogP) is 2.88. The lowest BCUT2D eigenvalue weighted by atomic mass is 10.1. The fraction of sp³-hybridized carbons (Fsp3) is 0.429. The van der Waals surface area contributed by atoms with Crippen molar-refractivity contribution in [2.24, 2.45) is 0 Å². The SMILES string of the molecule is Cc1cc2ncn(C[C@H](O)CN3CCN(c4ccncc4Cl)CC3)c2cc1C. The van der Waals surface area contributed by atoms with Crippen LogP contribution in [0.2, 0.25) is 5.02 Å². The normalized spacial score (nSPS) is 16.6. The van der Waals surface area contributed by atoms with Gasteiger partial charge in [-0.15, -0.1) is 0 Å². The number of nitrogens with zero attached hydrogens (tertiary/aromatic N) is 5. The molecule has 1 fully saturated rings. The summed E-state index contributed by atoms with van der Waals surface area (Å²) in [4.78, 5) is 13.1. The van der Waals surface area contributed by atoms with Gasteiger partial charge in [-0.05, 0) is 43.2 Å². The molecule has 148 valence electrons. The Bertz CT molecular complexity index is 965. The molecular weight excluding hydrogens is 374 g/mol. The van der Waals surface area contributed by atoms with Gasteiger partial charge in [-0.2, -0.15) is 0 Å². The number of halogens is 1. The van der Waals surface area contributed by atoms with Crippen LogP contribution in [-0.4, -0.2) is 63.4 Å². The molecule has 0 bridgehead atoms. The number of aromatic nitrogens is 3. The number of aliphatic hydroxyl groups excluding tert-OH is 1. The van der Waals surface area contributed by atoms with Gasteiger partial charge in [0.05, 0.1) is 40.7 Å². The highest BCUT2D eigenvalue weighted by Crippen LogP contribution is 2.25. The summed E-state index contributed by atoms with van der Waals surface area (Å²) < 4.78 is 2.05. The summed E-state index contributed by atoms with van der Waals surface area (Å²) in [5.41, 5.74) is 5.59. The van der Waals surface area contributed by atoms with Crippen LogP contribution in [0.15, 0.2) is 36.9 Å². The van der Waals surface area contributed by atoms with Crippen molar-refractivity contribution < 1.29 is 5.11 Å². The third-order valence-electron chi connectivity index (χ3n) is 5.58. The molecule has 0 radical (unpaired) electrons. The third-order valence-corrected chi connectivity index (χ3v) is 5.87. The number of anilines is 1. The Labute approximate surface area is 170 Å². The molecule has 0 unspecified atom stereocenters. The number of hydrogen-bond acceptors (Lipinski definition) is 5. The van der Waals surface area contributed by atoms with E-state index in [1.54, 1.807) is 12.4 Å². The fourth-order valence-corrected chi connectivity index (χ4v) is 4.08. The molecule has 4 rings (SSSR count). The topological polar surface area (TPSA) is 57.4 Å². The standard InChI is InChI=1S/C21H26ClN5O/c1-15-9-19-21(10-16(15)2)27(14-24-19)13-17(28)12-25-5-7-26(8-6-25)20-3-4-23-11-18(20)22/h3-4,9-11,14,17,28H,5-8,12-13H2,1-2H3/t17-/m1/s1. The second-order valence-corrected chi connectivity index (χ2v) is 8.00. The molecule has 3 aromatic rings. The van der Waals surface area contributed by atoms with Crippen molar-refractivity contribution in [1.82, 2.24) is 19.4 Å². The number of rotatable bonds is 5. The van der Waals surface area contributed by atoms with Gasteiger partial charge < -0.3 is 14.6 Å². The molecule has 1 aromatic carbocycles. The minimum Gasteiger partial charge on any atom is -0.390 e. The second-order valence-electron chi connectivity index (χ2n) is 7.59. The minimum absolute atomic E-state index is 0.435. The highest BCUT2D eigenvalue weighted by atomic mass is 35.5. The first-order valence-electron chi connectivity index (χ1n) is 9.68. The molecular formula is C21H26ClN5O. The summed E-state index contributed by atoms with van der Waals surface area (Å²) in [6.45, 7) is 9.00. The average molecular weight is 400 g/mol. The molecule has 1 N–H and O–H groups in total. The number of imidazole rings is 1. The van der Waals surface area contributed by atoms with E-state index in [-0.39, 0.29) is 0 Å². The molecule has 2 aromatic heterocycles. The molecule has 1 aliphatic heterocycles. The van der Waals surface area contributed by atoms with E-state index in [1.165, 1.54) is 11.1 Å². The Kier molecular flexibility index (Phi) is 5.53. The number of β-amino-alcohol motifs (C(OH)–C–C–N with tert-alkyl or cyclic N) is 1. The van der Waals surface area contributed by atoms with Crippen molar-refractivity contribution in [3.05, 3.63) is 53.1 Å². The van der Waals surface area contributed by atoms with Crippen LogP contribution in [0.25, 0.3) is 11.0 Å². The molecule has 7 heteroatoms. The van der Waals surface area contributed by atoms with Crippen LogP contribution in [0.4, 0.5) is 5.69 Å². The van der Waals surface area contributed by atoms with Crippen LogP contribution in [0.1, 0.15) is 11.1 Å². The largest absolute Gasteiger partial charge is 0.390 e. The van der Waals surface area contributed by atoms with Gasteiger partial charge in [0.1, 0.15) is 0 Å². The summed E-state index contributed by atoms with van der Waals surface area (Å²) in [6, 6.07) is 6.22. The van der Waals surface area contributed by atoms with Gasteiger partial charge in [0.25, 0.3) is 0 Å². The van der Waals surface area contributed by atoms with E-state index in [2.05, 4.69) is 50.3 Å². The Hall–Kier alpha value is -2.15. The van der Waals surface area contributed by atoms with Crippen molar-refractivity contribution in [3.63, 3.8) is 0 Å². The lowest BCUT2D eigenvalue weighted by Gasteiger charge is -2.37. The molecule has 1 aliphatic rings. The average Bonchev–Trinajstić information content (AvgIpc) is 3.05. The predicted molar refractivity (Wildman–Crippen MR) is 113 cm³/mol. The number of pyridine rings is 1. The lowest BCUT2D eigenvalue weighted by molar-refractivity contribution is 0.0959. The van der Waals surface area contributed by atoms with E-state index >= 15 is 0 Å². The highest BCUT2D eigenvalue weighted by molar-refractivity contribution is 6.33. The lowest BCUT2D eigenvalue weighted by Crippen LogP contribution is -2.49. The van der Waals surface area contributed by atoms with Gasteiger partial charge in [-0.3, -0.25) is 9.88 Å². The zero-order valence-corrected chi connectivity index (χ0v) is 17.1. The summed E-state index contributed by atoms with van der Waals surface area (Å²) in [5.74, 6) is 0. The highest BCUT2D eigenvalue weighted by Gasteiger charge is 2.21. The van der Waals surface area contributed by atoms with Crippen LogP contribution in [0, 0.1) is 13.8 Å². The molecule has 0 spiro atoms. The van der Waals surface area contributed by atoms with Crippen LogP contribution in [0.5, 0.6) is 0 Å². The van der Waals surface area contributed by atoms with E-state index in [9.17, 15) is 5.11 Å². The monoisotopic (exact) mass is 399 g/mol. The van der Waals surface area contributed by atoms with E-state index in [4.69, 9.17) is 11.6 Å². The first-order valence-corrected chi connectivity index (χ1v) is 10.1. The Morgan fingerprint density at radius 2 is 1.86 bits per heavy atom. The molecule has 1 saturated heterocycles. The minimum atomic E-state index is -0.435. The van der Waals surface area contributed by atoms with Gasteiger partial charge >= 0.3 is 0 Å². The van der Waals surface area contributed by atoms with Gasteiger partial charge in [-0.25, -0.2) is 4.98 Å². The maximum absolute atomic E-state index is 10.7. The van der Waals surface area contributed by atoms with Crippen molar-refractivity contribution in [3.8, 4) is 0 Å². The van der Waals surface area contributed by atoms with Crippen molar-refractivity contribution >= 4 is 28.3 Å². The number of fused-ring (bicyclic) bond motifs is 1. The van der Waals surface area contributed by atoms with Crippen LogP contribution >= 0.6 is 11.6 Å². The molecule has 6 nitrogen and oxygen atoms in total. The van der Waals surface area contributed by atoms with E-state index in [0.29, 0.717) is 18.1 Å². The molecule has 3 heterocycles. The number of benzene rings is 1. The van der Waals surface area contributed by atoms with Crippen LogP contribution < -0.4 is 4.90 Å². The van der Waals surface area contributed by atoms with Crippen LogP contribution in [-0.2, 0) is 6.54 Å². The van der Waals surface area contributed by atoms with E-state index < -0.39 is 6.10 Å². The fourth-order valence-electron chi connectivity index (χ4n) is 3.84. The summed E-state index contributed by atoms with van der Waals surface area (Å²) in [5, 5.41) is 11.3. The first-order chi connectivity index (χ1) is 13.5. The number of piperazine rings is 1. The molecule has 0 saturated carbocycles. The smallest absolute Gasteiger partial charge is 0.0959 e. The summed E-state index contributed by atoms with van der Waals surface area (Å²) in [6.07, 6.45) is 4.85. The van der Waals surface area contributed by atoms with Gasteiger partial charge in [0, 0.05) is 45.1 Å². The van der Waals surface area contributed by atoms with Crippen molar-refractivity contribution in [2.45, 2.75) is 26.5 Å². The van der Waals surface area contributed by atoms with Crippen LogP contribution in [0.3, 0.4) is 0 Å². The van der Waals surface area contributed by atoms with Crippen molar-refractivity contribution in [1.29, 1.82) is 0 Å². The summed E-state index contributed by atoms with van der Waals surface area (Å²) in [7, 11) is 0. The maximum Gasteiger partial charge on any atom is 0.0959 e. The third kappa shape index (κ3) is 3.99. The van der Waals surface area contributed by atoms with E-state index in [0.717, 1.165) is 42.9 Å². The maximum atomic E-state index is 10.7. The van der Waals surface area contributed by atoms with Crippen molar-refractivity contribution in [2.75, 3.05) is 37.6 Å². The molecule has 0 aliphatic carbocycles.